The molecule has 2 amide bonds. The molecule has 0 bridgehead atoms. The first-order valence-corrected chi connectivity index (χ1v) is 8.45. The van der Waals surface area contributed by atoms with Crippen LogP contribution in [0.15, 0.2) is 0 Å². The zero-order valence-electron chi connectivity index (χ0n) is 11.8. The van der Waals surface area contributed by atoms with Crippen LogP contribution in [0.25, 0.3) is 0 Å². The van der Waals surface area contributed by atoms with Gasteiger partial charge in [0.05, 0.1) is 5.75 Å². The second-order valence-corrected chi connectivity index (χ2v) is 7.70. The minimum Gasteiger partial charge on any atom is -0.344 e. The Morgan fingerprint density at radius 1 is 1.32 bits per heavy atom. The molecule has 6 nitrogen and oxygen atoms in total. The van der Waals surface area contributed by atoms with Crippen molar-refractivity contribution in [1.29, 1.82) is 0 Å². The summed E-state index contributed by atoms with van der Waals surface area (Å²) in [6.07, 6.45) is 1.36. The lowest BCUT2D eigenvalue weighted by Gasteiger charge is -2.30. The summed E-state index contributed by atoms with van der Waals surface area (Å²) in [7, 11) is -3.16. The number of sulfone groups is 1. The highest BCUT2D eigenvalue weighted by molar-refractivity contribution is 7.90. The fourth-order valence-corrected chi connectivity index (χ4v) is 3.29. The van der Waals surface area contributed by atoms with Crippen LogP contribution in [0.1, 0.15) is 27.2 Å². The van der Waals surface area contributed by atoms with Gasteiger partial charge in [-0.05, 0) is 12.8 Å². The van der Waals surface area contributed by atoms with Crippen molar-refractivity contribution in [2.75, 3.05) is 18.6 Å². The lowest BCUT2D eigenvalue weighted by Crippen LogP contribution is -2.51. The zero-order valence-corrected chi connectivity index (χ0v) is 12.7. The average molecular weight is 290 g/mol. The van der Waals surface area contributed by atoms with Gasteiger partial charge in [0.15, 0.2) is 0 Å². The summed E-state index contributed by atoms with van der Waals surface area (Å²) >= 11 is 0. The Labute approximate surface area is 114 Å². The van der Waals surface area contributed by atoms with E-state index < -0.39 is 21.9 Å². The molecule has 0 aromatic carbocycles. The minimum absolute atomic E-state index is 0.0255. The van der Waals surface area contributed by atoms with Crippen molar-refractivity contribution < 1.29 is 18.0 Å². The van der Waals surface area contributed by atoms with E-state index in [9.17, 15) is 18.0 Å². The van der Waals surface area contributed by atoms with Crippen LogP contribution in [0.2, 0.25) is 0 Å². The SMILES string of the molecule is CC(C)C1NC(=O)CCN(C(C)CS(C)(=O)=O)C1=O. The third-order valence-corrected chi connectivity index (χ3v) is 4.28. The number of hydrogen-bond donors (Lipinski definition) is 1. The fraction of sp³-hybridized carbons (Fsp3) is 0.833. The van der Waals surface area contributed by atoms with Gasteiger partial charge in [0, 0.05) is 25.3 Å². The Kier molecular flexibility index (Phi) is 4.95. The molecule has 0 saturated carbocycles. The molecular formula is C12H22N2O4S. The van der Waals surface area contributed by atoms with Crippen molar-refractivity contribution in [3.8, 4) is 0 Å². The Morgan fingerprint density at radius 3 is 2.37 bits per heavy atom. The molecule has 110 valence electrons. The molecule has 2 atom stereocenters. The summed E-state index contributed by atoms with van der Waals surface area (Å²) in [4.78, 5) is 25.5. The highest BCUT2D eigenvalue weighted by atomic mass is 32.2. The van der Waals surface area contributed by atoms with Crippen LogP contribution in [-0.4, -0.2) is 55.8 Å². The third kappa shape index (κ3) is 4.49. The normalized spacial score (nSPS) is 23.2. The van der Waals surface area contributed by atoms with Gasteiger partial charge < -0.3 is 10.2 Å². The number of carbonyl (C=O) groups is 2. The van der Waals surface area contributed by atoms with Crippen LogP contribution in [0.3, 0.4) is 0 Å². The molecule has 19 heavy (non-hydrogen) atoms. The second kappa shape index (κ2) is 5.90. The molecule has 0 aromatic rings. The Bertz CT molecular complexity index is 458. The van der Waals surface area contributed by atoms with Gasteiger partial charge in [-0.1, -0.05) is 13.8 Å². The maximum atomic E-state index is 12.4. The van der Waals surface area contributed by atoms with Crippen LogP contribution in [0.5, 0.6) is 0 Å². The molecule has 1 N–H and O–H groups in total. The number of hydrogen-bond acceptors (Lipinski definition) is 4. The highest BCUT2D eigenvalue weighted by Crippen LogP contribution is 2.14. The predicted octanol–water partition coefficient (Wildman–Crippen LogP) is -0.207. The van der Waals surface area contributed by atoms with Gasteiger partial charge in [0.2, 0.25) is 11.8 Å². The van der Waals surface area contributed by atoms with Crippen LogP contribution in [-0.2, 0) is 19.4 Å². The van der Waals surface area contributed by atoms with Crippen LogP contribution >= 0.6 is 0 Å². The van der Waals surface area contributed by atoms with Crippen molar-refractivity contribution in [2.24, 2.45) is 5.92 Å². The first kappa shape index (κ1) is 15.9. The zero-order chi connectivity index (χ0) is 14.8. The monoisotopic (exact) mass is 290 g/mol. The summed E-state index contributed by atoms with van der Waals surface area (Å²) in [6.45, 7) is 5.68. The van der Waals surface area contributed by atoms with E-state index in [0.29, 0.717) is 0 Å². The number of nitrogens with one attached hydrogen (secondary N) is 1. The Morgan fingerprint density at radius 2 is 1.89 bits per heavy atom. The Balaban J connectivity index is 2.92. The van der Waals surface area contributed by atoms with Crippen LogP contribution < -0.4 is 5.32 Å². The summed E-state index contributed by atoms with van der Waals surface area (Å²) < 4.78 is 22.7. The van der Waals surface area contributed by atoms with Crippen molar-refractivity contribution in [2.45, 2.75) is 39.3 Å². The Hall–Kier alpha value is -1.11. The second-order valence-electron chi connectivity index (χ2n) is 5.51. The fourth-order valence-electron chi connectivity index (χ4n) is 2.24. The van der Waals surface area contributed by atoms with Crippen LogP contribution in [0.4, 0.5) is 0 Å². The first-order chi connectivity index (χ1) is 8.61. The molecule has 1 aliphatic rings. The lowest BCUT2D eigenvalue weighted by molar-refractivity contribution is -0.136. The van der Waals surface area contributed by atoms with Gasteiger partial charge in [0.25, 0.3) is 0 Å². The molecule has 2 unspecified atom stereocenters. The van der Waals surface area contributed by atoms with Gasteiger partial charge in [-0.3, -0.25) is 9.59 Å². The smallest absolute Gasteiger partial charge is 0.245 e. The molecule has 1 aliphatic heterocycles. The molecule has 1 fully saturated rings. The summed E-state index contributed by atoms with van der Waals surface area (Å²) in [6, 6.07) is -0.992. The minimum atomic E-state index is -3.16. The number of amides is 2. The number of rotatable bonds is 4. The van der Waals surface area contributed by atoms with Gasteiger partial charge in [-0.25, -0.2) is 8.42 Å². The van der Waals surface area contributed by atoms with E-state index in [0.717, 1.165) is 6.26 Å². The van der Waals surface area contributed by atoms with E-state index in [4.69, 9.17) is 0 Å². The van der Waals surface area contributed by atoms with Crippen molar-refractivity contribution >= 4 is 21.7 Å². The summed E-state index contributed by atoms with van der Waals surface area (Å²) in [5.41, 5.74) is 0. The molecule has 0 radical (unpaired) electrons. The number of nitrogens with zero attached hydrogens (tertiary/aromatic N) is 1. The molecule has 1 rings (SSSR count). The lowest BCUT2D eigenvalue weighted by atomic mass is 10.0. The molecular weight excluding hydrogens is 268 g/mol. The third-order valence-electron chi connectivity index (χ3n) is 3.19. The molecule has 0 aromatic heterocycles. The topological polar surface area (TPSA) is 83.6 Å². The molecule has 1 heterocycles. The first-order valence-electron chi connectivity index (χ1n) is 6.39. The molecule has 7 heteroatoms. The van der Waals surface area contributed by atoms with E-state index in [1.54, 1.807) is 6.92 Å². The molecule has 1 saturated heterocycles. The highest BCUT2D eigenvalue weighted by Gasteiger charge is 2.34. The van der Waals surface area contributed by atoms with E-state index in [1.165, 1.54) is 4.90 Å². The van der Waals surface area contributed by atoms with E-state index in [1.807, 2.05) is 13.8 Å². The predicted molar refractivity (Wildman–Crippen MR) is 72.3 cm³/mol. The largest absolute Gasteiger partial charge is 0.344 e. The summed E-state index contributed by atoms with van der Waals surface area (Å²) in [5.74, 6) is -0.474. The quantitative estimate of drug-likeness (QED) is 0.776. The van der Waals surface area contributed by atoms with E-state index in [2.05, 4.69) is 5.32 Å². The number of carbonyl (C=O) groups excluding carboxylic acids is 2. The van der Waals surface area contributed by atoms with E-state index in [-0.39, 0.29) is 36.5 Å². The van der Waals surface area contributed by atoms with Gasteiger partial charge >= 0.3 is 0 Å². The summed E-state index contributed by atoms with van der Waals surface area (Å²) in [5, 5.41) is 2.70. The maximum absolute atomic E-state index is 12.4. The van der Waals surface area contributed by atoms with Crippen molar-refractivity contribution in [1.82, 2.24) is 10.2 Å². The van der Waals surface area contributed by atoms with Gasteiger partial charge in [-0.15, -0.1) is 0 Å². The van der Waals surface area contributed by atoms with Gasteiger partial charge in [0.1, 0.15) is 15.9 Å². The van der Waals surface area contributed by atoms with Crippen molar-refractivity contribution in [3.63, 3.8) is 0 Å². The maximum Gasteiger partial charge on any atom is 0.245 e. The molecule has 0 aliphatic carbocycles. The average Bonchev–Trinajstić information content (AvgIpc) is 2.36. The van der Waals surface area contributed by atoms with E-state index >= 15 is 0 Å². The van der Waals surface area contributed by atoms with Gasteiger partial charge in [-0.2, -0.15) is 0 Å². The standard InChI is InChI=1S/C12H22N2O4S/c1-8(2)11-12(16)14(6-5-10(15)13-11)9(3)7-19(4,17)18/h8-9,11H,5-7H2,1-4H3,(H,13,15). The van der Waals surface area contributed by atoms with Crippen molar-refractivity contribution in [3.05, 3.63) is 0 Å². The van der Waals surface area contributed by atoms with Crippen LogP contribution in [0, 0.1) is 5.92 Å². The molecule has 0 spiro atoms.